The second-order valence-electron chi connectivity index (χ2n) is 8.21. The van der Waals surface area contributed by atoms with E-state index in [1.54, 1.807) is 16.7 Å². The molecule has 0 bridgehead atoms. The Morgan fingerprint density at radius 1 is 1.18 bits per heavy atom. The van der Waals surface area contributed by atoms with Gasteiger partial charge < -0.3 is 20.7 Å². The smallest absolute Gasteiger partial charge is 0.259 e. The molecule has 0 fully saturated rings. The molecule has 0 aliphatic carbocycles. The number of phenolic OH excluding ortho intramolecular Hbond substituents is 1. The molecule has 8 nitrogen and oxygen atoms in total. The lowest BCUT2D eigenvalue weighted by atomic mass is 10.0. The van der Waals surface area contributed by atoms with Crippen LogP contribution < -0.4 is 16.6 Å². The van der Waals surface area contributed by atoms with Gasteiger partial charge in [0.1, 0.15) is 23.7 Å². The highest BCUT2D eigenvalue weighted by atomic mass is 16.3. The molecule has 0 unspecified atom stereocenters. The summed E-state index contributed by atoms with van der Waals surface area (Å²) in [6, 6.07) is 14.2. The Morgan fingerprint density at radius 2 is 1.94 bits per heavy atom. The van der Waals surface area contributed by atoms with Crippen LogP contribution in [0.15, 0.2) is 59.7 Å². The first-order chi connectivity index (χ1) is 15.8. The van der Waals surface area contributed by atoms with Crippen LogP contribution in [-0.4, -0.2) is 25.4 Å². The molecule has 8 heteroatoms. The molecule has 0 saturated heterocycles. The van der Waals surface area contributed by atoms with E-state index >= 15 is 0 Å². The number of pyridine rings is 1. The van der Waals surface area contributed by atoms with Gasteiger partial charge in [0.05, 0.1) is 23.2 Å². The van der Waals surface area contributed by atoms with Gasteiger partial charge >= 0.3 is 0 Å². The van der Waals surface area contributed by atoms with E-state index in [0.717, 1.165) is 16.6 Å². The second kappa shape index (κ2) is 8.74. The number of hydrogen-bond acceptors (Lipinski definition) is 7. The largest absolute Gasteiger partial charge is 0.508 e. The third kappa shape index (κ3) is 4.15. The molecule has 4 rings (SSSR count). The number of rotatable bonds is 6. The van der Waals surface area contributed by atoms with E-state index in [1.165, 1.54) is 18.5 Å². The highest BCUT2D eigenvalue weighted by Gasteiger charge is 2.18. The maximum absolute atomic E-state index is 13.3. The zero-order chi connectivity index (χ0) is 23.7. The third-order valence-electron chi connectivity index (χ3n) is 5.58. The average Bonchev–Trinajstić information content (AvgIpc) is 2.77. The molecule has 5 N–H and O–H groups in total. The number of aromatic nitrogens is 3. The van der Waals surface area contributed by atoms with Gasteiger partial charge in [0.15, 0.2) is 0 Å². The predicted octanol–water partition coefficient (Wildman–Crippen LogP) is 4.00. The molecule has 0 aliphatic rings. The number of benzene rings is 2. The van der Waals surface area contributed by atoms with E-state index in [1.807, 2.05) is 45.0 Å². The van der Waals surface area contributed by atoms with Crippen LogP contribution in [-0.2, 0) is 6.54 Å². The van der Waals surface area contributed by atoms with E-state index in [9.17, 15) is 9.90 Å². The number of nitrogen functional groups attached to an aromatic ring is 1. The summed E-state index contributed by atoms with van der Waals surface area (Å²) in [4.78, 5) is 21.6. The number of fused-ring (bicyclic) bond motifs is 1. The molecule has 2 aromatic heterocycles. The molecule has 4 aromatic rings. The lowest BCUT2D eigenvalue weighted by Crippen LogP contribution is -2.27. The Bertz CT molecular complexity index is 1420. The molecule has 0 amide bonds. The van der Waals surface area contributed by atoms with Crippen LogP contribution in [0, 0.1) is 12.3 Å². The van der Waals surface area contributed by atoms with E-state index < -0.39 is 0 Å². The lowest BCUT2D eigenvalue weighted by Gasteiger charge is -2.20. The lowest BCUT2D eigenvalue weighted by molar-refractivity contribution is 0.475. The minimum Gasteiger partial charge on any atom is -0.508 e. The molecule has 0 aliphatic heterocycles. The average molecular weight is 443 g/mol. The molecule has 168 valence electrons. The topological polar surface area (TPSA) is 130 Å². The Balaban J connectivity index is 1.75. The highest BCUT2D eigenvalue weighted by Crippen LogP contribution is 2.25. The fraction of sp³-hybridized carbons (Fsp3) is 0.200. The van der Waals surface area contributed by atoms with E-state index in [4.69, 9.17) is 11.1 Å². The maximum atomic E-state index is 13.3. The number of nitrogens with one attached hydrogen (secondary N) is 2. The Kier molecular flexibility index (Phi) is 5.83. The number of hydrogen-bond donors (Lipinski definition) is 4. The van der Waals surface area contributed by atoms with Crippen LogP contribution in [0.1, 0.15) is 42.3 Å². The predicted molar refractivity (Wildman–Crippen MR) is 131 cm³/mol. The van der Waals surface area contributed by atoms with Gasteiger partial charge in [-0.05, 0) is 49.9 Å². The molecule has 0 saturated carbocycles. The van der Waals surface area contributed by atoms with Gasteiger partial charge in [-0.1, -0.05) is 30.3 Å². The standard InChI is InChI=1S/C25H26N6O2/c1-14(2)31-18(10-16-7-4-6-15(3)20(16)25(31)33)12-28-24-21(23(27)29-13-30-24)22(26)17-8-5-9-19(32)11-17/h4-11,13-14,26,32H,12H2,1-3H3,(H3,27,28,29,30). The first-order valence-electron chi connectivity index (χ1n) is 10.6. The number of phenols is 1. The molecular weight excluding hydrogens is 416 g/mol. The van der Waals surface area contributed by atoms with Crippen LogP contribution in [0.3, 0.4) is 0 Å². The molecule has 2 aromatic carbocycles. The number of anilines is 2. The Hall–Kier alpha value is -4.20. The van der Waals surface area contributed by atoms with E-state index in [0.29, 0.717) is 28.9 Å². The molecule has 0 radical (unpaired) electrons. The van der Waals surface area contributed by atoms with Crippen molar-refractivity contribution >= 4 is 28.1 Å². The first kappa shape index (κ1) is 22.0. The molecular formula is C25H26N6O2. The SMILES string of the molecule is Cc1cccc2cc(CNc3ncnc(N)c3C(=N)c3cccc(O)c3)n(C(C)C)c(=O)c12. The minimum atomic E-state index is -0.0427. The van der Waals surface area contributed by atoms with Gasteiger partial charge in [-0.3, -0.25) is 10.2 Å². The number of nitrogens with zero attached hydrogens (tertiary/aromatic N) is 3. The van der Waals surface area contributed by atoms with Crippen LogP contribution in [0.25, 0.3) is 10.8 Å². The fourth-order valence-electron chi connectivity index (χ4n) is 4.06. The molecule has 33 heavy (non-hydrogen) atoms. The minimum absolute atomic E-state index is 0.0349. The van der Waals surface area contributed by atoms with Crippen LogP contribution in [0.4, 0.5) is 11.6 Å². The van der Waals surface area contributed by atoms with Gasteiger partial charge in [0.2, 0.25) is 0 Å². The summed E-state index contributed by atoms with van der Waals surface area (Å²) in [5.74, 6) is 0.578. The van der Waals surface area contributed by atoms with Crippen LogP contribution in [0.5, 0.6) is 5.75 Å². The molecule has 2 heterocycles. The quantitative estimate of drug-likeness (QED) is 0.334. The summed E-state index contributed by atoms with van der Waals surface area (Å²) in [5.41, 5.74) is 8.71. The normalized spacial score (nSPS) is 11.2. The van der Waals surface area contributed by atoms with Gasteiger partial charge in [0, 0.05) is 17.3 Å². The van der Waals surface area contributed by atoms with Crippen molar-refractivity contribution in [2.45, 2.75) is 33.4 Å². The molecule has 0 atom stereocenters. The number of aryl methyl sites for hydroxylation is 1. The van der Waals surface area contributed by atoms with Crippen molar-refractivity contribution in [1.29, 1.82) is 5.41 Å². The monoisotopic (exact) mass is 442 g/mol. The third-order valence-corrected chi connectivity index (χ3v) is 5.58. The van der Waals surface area contributed by atoms with Gasteiger partial charge in [-0.15, -0.1) is 0 Å². The summed E-state index contributed by atoms with van der Waals surface area (Å²) in [6.07, 6.45) is 1.33. The Morgan fingerprint density at radius 3 is 2.67 bits per heavy atom. The van der Waals surface area contributed by atoms with Gasteiger partial charge in [-0.2, -0.15) is 0 Å². The van der Waals surface area contributed by atoms with Gasteiger partial charge in [-0.25, -0.2) is 9.97 Å². The van der Waals surface area contributed by atoms with Crippen molar-refractivity contribution < 1.29 is 5.11 Å². The van der Waals surface area contributed by atoms with Crippen molar-refractivity contribution in [2.24, 2.45) is 0 Å². The van der Waals surface area contributed by atoms with Crippen LogP contribution >= 0.6 is 0 Å². The van der Waals surface area contributed by atoms with Crippen molar-refractivity contribution in [2.75, 3.05) is 11.1 Å². The fourth-order valence-corrected chi connectivity index (χ4v) is 4.06. The highest BCUT2D eigenvalue weighted by molar-refractivity contribution is 6.16. The summed E-state index contributed by atoms with van der Waals surface area (Å²) in [5, 5.41) is 23.3. The summed E-state index contributed by atoms with van der Waals surface area (Å²) in [7, 11) is 0. The van der Waals surface area contributed by atoms with E-state index in [-0.39, 0.29) is 28.9 Å². The zero-order valence-corrected chi connectivity index (χ0v) is 18.8. The number of aromatic hydroxyl groups is 1. The zero-order valence-electron chi connectivity index (χ0n) is 18.8. The van der Waals surface area contributed by atoms with Crippen LogP contribution in [0.2, 0.25) is 0 Å². The Labute approximate surface area is 191 Å². The number of nitrogens with two attached hydrogens (primary N) is 1. The first-order valence-corrected chi connectivity index (χ1v) is 10.6. The summed E-state index contributed by atoms with van der Waals surface area (Å²) in [6.45, 7) is 6.19. The summed E-state index contributed by atoms with van der Waals surface area (Å²) < 4.78 is 1.77. The van der Waals surface area contributed by atoms with Crippen molar-refractivity contribution in [3.63, 3.8) is 0 Å². The van der Waals surface area contributed by atoms with Crippen molar-refractivity contribution in [1.82, 2.24) is 14.5 Å². The maximum Gasteiger partial charge on any atom is 0.259 e. The second-order valence-corrected chi connectivity index (χ2v) is 8.21. The van der Waals surface area contributed by atoms with Gasteiger partial charge in [0.25, 0.3) is 5.56 Å². The van der Waals surface area contributed by atoms with Crippen molar-refractivity contribution in [3.05, 3.63) is 87.6 Å². The summed E-state index contributed by atoms with van der Waals surface area (Å²) >= 11 is 0. The molecule has 0 spiro atoms. The van der Waals surface area contributed by atoms with E-state index in [2.05, 4.69) is 15.3 Å². The van der Waals surface area contributed by atoms with Crippen molar-refractivity contribution in [3.8, 4) is 5.75 Å².